The molecule has 0 spiro atoms. The molecule has 6 heteroatoms. The zero-order valence-electron chi connectivity index (χ0n) is 11.1. The molecule has 1 fully saturated rings. The standard InChI is InChI=1S/C14H19Cl2NO3/c15-12-4-1-5-13(16)14(12)20-9-11(19)8-17-6-2-3-10(18)7-17/h1,4-5,10-11,18-19H,2-3,6-9H2/t10-,11+/m1/s1. The summed E-state index contributed by atoms with van der Waals surface area (Å²) in [6.07, 6.45) is 0.839. The summed E-state index contributed by atoms with van der Waals surface area (Å²) in [6, 6.07) is 5.12. The van der Waals surface area contributed by atoms with Crippen molar-refractivity contribution in [1.29, 1.82) is 0 Å². The number of rotatable bonds is 5. The van der Waals surface area contributed by atoms with E-state index in [-0.39, 0.29) is 12.7 Å². The molecule has 0 radical (unpaired) electrons. The quantitative estimate of drug-likeness (QED) is 0.873. The van der Waals surface area contributed by atoms with Gasteiger partial charge < -0.3 is 14.9 Å². The Labute approximate surface area is 128 Å². The molecule has 1 aromatic rings. The number of hydrogen-bond acceptors (Lipinski definition) is 4. The van der Waals surface area contributed by atoms with Gasteiger partial charge in [-0.1, -0.05) is 29.3 Å². The minimum atomic E-state index is -0.646. The smallest absolute Gasteiger partial charge is 0.156 e. The van der Waals surface area contributed by atoms with Crippen molar-refractivity contribution in [3.63, 3.8) is 0 Å². The maximum absolute atomic E-state index is 10.00. The average Bonchev–Trinajstić information content (AvgIpc) is 2.38. The predicted molar refractivity (Wildman–Crippen MR) is 79.6 cm³/mol. The van der Waals surface area contributed by atoms with Crippen LogP contribution in [0.15, 0.2) is 18.2 Å². The Balaban J connectivity index is 1.81. The second-order valence-electron chi connectivity index (χ2n) is 5.07. The van der Waals surface area contributed by atoms with Crippen LogP contribution in [0, 0.1) is 0 Å². The highest BCUT2D eigenvalue weighted by Gasteiger charge is 2.20. The second kappa shape index (κ2) is 7.48. The van der Waals surface area contributed by atoms with E-state index in [4.69, 9.17) is 27.9 Å². The number of aliphatic hydroxyl groups excluding tert-OH is 2. The number of ether oxygens (including phenoxy) is 1. The summed E-state index contributed by atoms with van der Waals surface area (Å²) >= 11 is 12.0. The Morgan fingerprint density at radius 2 is 2.05 bits per heavy atom. The fourth-order valence-corrected chi connectivity index (χ4v) is 2.85. The Morgan fingerprint density at radius 1 is 1.35 bits per heavy atom. The Hall–Kier alpha value is -0.520. The number of β-amino-alcohol motifs (C(OH)–C–C–N with tert-alkyl or cyclic N) is 2. The molecule has 1 heterocycles. The molecule has 112 valence electrons. The first-order chi connectivity index (χ1) is 9.56. The predicted octanol–water partition coefficient (Wildman–Crippen LogP) is 2.19. The van der Waals surface area contributed by atoms with E-state index in [1.165, 1.54) is 0 Å². The summed E-state index contributed by atoms with van der Waals surface area (Å²) in [4.78, 5) is 2.04. The van der Waals surface area contributed by atoms with E-state index in [9.17, 15) is 10.2 Å². The van der Waals surface area contributed by atoms with Crippen molar-refractivity contribution in [2.75, 3.05) is 26.2 Å². The second-order valence-corrected chi connectivity index (χ2v) is 5.89. The maximum atomic E-state index is 10.00. The summed E-state index contributed by atoms with van der Waals surface area (Å²) in [5.41, 5.74) is 0. The molecule has 1 aliphatic heterocycles. The van der Waals surface area contributed by atoms with E-state index < -0.39 is 6.10 Å². The zero-order chi connectivity index (χ0) is 14.5. The van der Waals surface area contributed by atoms with Crippen LogP contribution < -0.4 is 4.74 Å². The van der Waals surface area contributed by atoms with Crippen LogP contribution >= 0.6 is 23.2 Å². The minimum absolute atomic E-state index is 0.121. The zero-order valence-corrected chi connectivity index (χ0v) is 12.6. The van der Waals surface area contributed by atoms with E-state index in [2.05, 4.69) is 0 Å². The van der Waals surface area contributed by atoms with Gasteiger partial charge in [0.1, 0.15) is 12.7 Å². The van der Waals surface area contributed by atoms with Gasteiger partial charge in [0, 0.05) is 13.1 Å². The summed E-state index contributed by atoms with van der Waals surface area (Å²) in [5.74, 6) is 0.397. The van der Waals surface area contributed by atoms with Crippen LogP contribution in [0.1, 0.15) is 12.8 Å². The summed E-state index contributed by atoms with van der Waals surface area (Å²) < 4.78 is 5.49. The van der Waals surface area contributed by atoms with E-state index in [0.717, 1.165) is 19.4 Å². The first-order valence-corrected chi connectivity index (χ1v) is 7.47. The fourth-order valence-electron chi connectivity index (χ4n) is 2.35. The molecule has 0 saturated carbocycles. The first-order valence-electron chi connectivity index (χ1n) is 6.71. The third-order valence-electron chi connectivity index (χ3n) is 3.29. The Morgan fingerprint density at radius 3 is 2.70 bits per heavy atom. The molecule has 2 rings (SSSR count). The van der Waals surface area contributed by atoms with Gasteiger partial charge in [-0.15, -0.1) is 0 Å². The van der Waals surface area contributed by atoms with Crippen molar-refractivity contribution in [2.24, 2.45) is 0 Å². The van der Waals surface area contributed by atoms with Crippen molar-refractivity contribution in [2.45, 2.75) is 25.0 Å². The van der Waals surface area contributed by atoms with E-state index >= 15 is 0 Å². The highest BCUT2D eigenvalue weighted by atomic mass is 35.5. The number of para-hydroxylation sites is 1. The lowest BCUT2D eigenvalue weighted by molar-refractivity contribution is 0.0243. The number of nitrogens with zero attached hydrogens (tertiary/aromatic N) is 1. The van der Waals surface area contributed by atoms with Crippen LogP contribution in [0.5, 0.6) is 5.75 Å². The molecule has 0 aliphatic carbocycles. The topological polar surface area (TPSA) is 52.9 Å². The van der Waals surface area contributed by atoms with Crippen molar-refractivity contribution in [1.82, 2.24) is 4.90 Å². The highest BCUT2D eigenvalue weighted by Crippen LogP contribution is 2.32. The van der Waals surface area contributed by atoms with Gasteiger partial charge in [0.05, 0.1) is 16.1 Å². The molecule has 4 nitrogen and oxygen atoms in total. The number of aliphatic hydroxyl groups is 2. The van der Waals surface area contributed by atoms with Crippen molar-refractivity contribution in [3.05, 3.63) is 28.2 Å². The van der Waals surface area contributed by atoms with Crippen LogP contribution in [0.2, 0.25) is 10.0 Å². The molecule has 1 aromatic carbocycles. The summed E-state index contributed by atoms with van der Waals surface area (Å²) in [7, 11) is 0. The average molecular weight is 320 g/mol. The lowest BCUT2D eigenvalue weighted by Gasteiger charge is -2.31. The van der Waals surface area contributed by atoms with Crippen molar-refractivity contribution < 1.29 is 14.9 Å². The van der Waals surface area contributed by atoms with Crippen LogP contribution in [-0.2, 0) is 0 Å². The Bertz CT molecular complexity index is 424. The highest BCUT2D eigenvalue weighted by molar-refractivity contribution is 6.37. The lowest BCUT2D eigenvalue weighted by Crippen LogP contribution is -2.43. The van der Waals surface area contributed by atoms with Crippen LogP contribution in [0.25, 0.3) is 0 Å². The van der Waals surface area contributed by atoms with E-state index in [1.807, 2.05) is 4.90 Å². The van der Waals surface area contributed by atoms with Crippen LogP contribution in [0.4, 0.5) is 0 Å². The molecule has 2 N–H and O–H groups in total. The summed E-state index contributed by atoms with van der Waals surface area (Å²) in [6.45, 7) is 2.08. The molecule has 20 heavy (non-hydrogen) atoms. The number of likely N-dealkylation sites (tertiary alicyclic amines) is 1. The molecular weight excluding hydrogens is 301 g/mol. The minimum Gasteiger partial charge on any atom is -0.488 e. The number of benzene rings is 1. The number of hydrogen-bond donors (Lipinski definition) is 2. The molecule has 1 saturated heterocycles. The maximum Gasteiger partial charge on any atom is 0.156 e. The molecule has 0 amide bonds. The molecule has 0 bridgehead atoms. The van der Waals surface area contributed by atoms with Gasteiger partial charge >= 0.3 is 0 Å². The van der Waals surface area contributed by atoms with Crippen LogP contribution in [0.3, 0.4) is 0 Å². The van der Waals surface area contributed by atoms with E-state index in [0.29, 0.717) is 28.9 Å². The first kappa shape index (κ1) is 15.9. The largest absolute Gasteiger partial charge is 0.488 e. The SMILES string of the molecule is O[C@@H]1CCCN(C[C@H](O)COc2c(Cl)cccc2Cl)C1. The summed E-state index contributed by atoms with van der Waals surface area (Å²) in [5, 5.41) is 20.4. The van der Waals surface area contributed by atoms with Gasteiger partial charge in [0.25, 0.3) is 0 Å². The van der Waals surface area contributed by atoms with Gasteiger partial charge in [0.15, 0.2) is 5.75 Å². The number of halogens is 2. The van der Waals surface area contributed by atoms with Gasteiger partial charge in [0.2, 0.25) is 0 Å². The van der Waals surface area contributed by atoms with Crippen molar-refractivity contribution >= 4 is 23.2 Å². The lowest BCUT2D eigenvalue weighted by atomic mass is 10.1. The fraction of sp³-hybridized carbons (Fsp3) is 0.571. The Kier molecular flexibility index (Phi) is 5.93. The van der Waals surface area contributed by atoms with Gasteiger partial charge in [-0.25, -0.2) is 0 Å². The molecule has 0 unspecified atom stereocenters. The molecular formula is C14H19Cl2NO3. The van der Waals surface area contributed by atoms with Gasteiger partial charge in [-0.3, -0.25) is 4.90 Å². The molecule has 2 atom stereocenters. The van der Waals surface area contributed by atoms with E-state index in [1.54, 1.807) is 18.2 Å². The third kappa shape index (κ3) is 4.50. The van der Waals surface area contributed by atoms with Crippen LogP contribution in [-0.4, -0.2) is 53.6 Å². The molecule has 1 aliphatic rings. The molecule has 0 aromatic heterocycles. The number of piperidine rings is 1. The van der Waals surface area contributed by atoms with Gasteiger partial charge in [-0.2, -0.15) is 0 Å². The normalized spacial score (nSPS) is 21.7. The van der Waals surface area contributed by atoms with Gasteiger partial charge in [-0.05, 0) is 31.5 Å². The van der Waals surface area contributed by atoms with Crippen molar-refractivity contribution in [3.8, 4) is 5.75 Å². The monoisotopic (exact) mass is 319 g/mol. The third-order valence-corrected chi connectivity index (χ3v) is 3.88.